The molecule has 0 bridgehead atoms. The molecule has 2 aromatic carbocycles. The third-order valence-electron chi connectivity index (χ3n) is 4.55. The van der Waals surface area contributed by atoms with Crippen molar-refractivity contribution in [1.82, 2.24) is 20.1 Å². The van der Waals surface area contributed by atoms with Gasteiger partial charge in [0.1, 0.15) is 0 Å². The summed E-state index contributed by atoms with van der Waals surface area (Å²) in [5, 5.41) is 22.0. The SMILES string of the molecule is O=C(CSc1nnc(-c2ccco2)n1Cc1ccccc1)NC(=O)c1cccc([N+](=O)[O-])c1. The van der Waals surface area contributed by atoms with Gasteiger partial charge in [0.15, 0.2) is 10.9 Å². The van der Waals surface area contributed by atoms with Gasteiger partial charge in [-0.15, -0.1) is 10.2 Å². The van der Waals surface area contributed by atoms with E-state index < -0.39 is 16.7 Å². The van der Waals surface area contributed by atoms with Gasteiger partial charge in [-0.25, -0.2) is 0 Å². The number of hydrogen-bond acceptors (Lipinski definition) is 8. The molecular formula is C22H17N5O5S. The molecule has 2 aromatic heterocycles. The molecule has 4 rings (SSSR count). The van der Waals surface area contributed by atoms with Crippen LogP contribution in [0.5, 0.6) is 0 Å². The van der Waals surface area contributed by atoms with E-state index in [1.165, 1.54) is 24.5 Å². The summed E-state index contributed by atoms with van der Waals surface area (Å²) in [5.74, 6) is -0.335. The van der Waals surface area contributed by atoms with Crippen molar-refractivity contribution in [3.8, 4) is 11.6 Å². The zero-order valence-corrected chi connectivity index (χ0v) is 17.9. The molecular weight excluding hydrogens is 446 g/mol. The highest BCUT2D eigenvalue weighted by Gasteiger charge is 2.19. The number of thioether (sulfide) groups is 1. The van der Waals surface area contributed by atoms with Gasteiger partial charge in [-0.3, -0.25) is 29.6 Å². The smallest absolute Gasteiger partial charge is 0.270 e. The van der Waals surface area contributed by atoms with Crippen LogP contribution in [-0.4, -0.2) is 37.3 Å². The molecule has 0 saturated heterocycles. The molecule has 10 nitrogen and oxygen atoms in total. The number of hydrogen-bond donors (Lipinski definition) is 1. The molecule has 1 N–H and O–H groups in total. The third-order valence-corrected chi connectivity index (χ3v) is 5.51. The van der Waals surface area contributed by atoms with E-state index in [4.69, 9.17) is 4.42 Å². The summed E-state index contributed by atoms with van der Waals surface area (Å²) in [6, 6.07) is 18.4. The number of carbonyl (C=O) groups is 2. The van der Waals surface area contributed by atoms with Crippen LogP contribution in [0.1, 0.15) is 15.9 Å². The average Bonchev–Trinajstić information content (AvgIpc) is 3.48. The summed E-state index contributed by atoms with van der Waals surface area (Å²) in [5.41, 5.74) is 0.802. The standard InChI is InChI=1S/C22H17N5O5S/c28-19(23-21(29)16-8-4-9-17(12-16)27(30)31)14-33-22-25-24-20(18-10-5-11-32-18)26(22)13-15-6-2-1-3-7-15/h1-12H,13-14H2,(H,23,28,29). The van der Waals surface area contributed by atoms with Gasteiger partial charge in [0.05, 0.1) is 23.5 Å². The maximum Gasteiger partial charge on any atom is 0.270 e. The summed E-state index contributed by atoms with van der Waals surface area (Å²) >= 11 is 1.11. The van der Waals surface area contributed by atoms with E-state index in [2.05, 4.69) is 15.5 Å². The van der Waals surface area contributed by atoms with E-state index in [9.17, 15) is 19.7 Å². The topological polar surface area (TPSA) is 133 Å². The molecule has 0 aliphatic rings. The van der Waals surface area contributed by atoms with Gasteiger partial charge in [0.2, 0.25) is 11.7 Å². The highest BCUT2D eigenvalue weighted by molar-refractivity contribution is 7.99. The normalized spacial score (nSPS) is 10.7. The Kier molecular flexibility index (Phi) is 6.60. The maximum atomic E-state index is 12.4. The lowest BCUT2D eigenvalue weighted by Crippen LogP contribution is -2.31. The number of rotatable bonds is 8. The number of nitrogens with zero attached hydrogens (tertiary/aromatic N) is 4. The van der Waals surface area contributed by atoms with Gasteiger partial charge in [0.25, 0.3) is 11.6 Å². The number of benzene rings is 2. The second kappa shape index (κ2) is 9.92. The molecule has 4 aromatic rings. The van der Waals surface area contributed by atoms with Crippen molar-refractivity contribution in [2.45, 2.75) is 11.7 Å². The average molecular weight is 463 g/mol. The van der Waals surface area contributed by atoms with Crippen LogP contribution in [0.4, 0.5) is 5.69 Å². The van der Waals surface area contributed by atoms with E-state index in [0.717, 1.165) is 23.4 Å². The predicted octanol–water partition coefficient (Wildman–Crippen LogP) is 3.54. The Morgan fingerprint density at radius 3 is 2.61 bits per heavy atom. The van der Waals surface area contributed by atoms with Crippen LogP contribution in [0, 0.1) is 10.1 Å². The van der Waals surface area contributed by atoms with E-state index in [0.29, 0.717) is 23.3 Å². The minimum atomic E-state index is -0.716. The van der Waals surface area contributed by atoms with E-state index in [1.807, 2.05) is 34.9 Å². The number of nitro groups is 1. The molecule has 0 radical (unpaired) electrons. The molecule has 33 heavy (non-hydrogen) atoms. The Hall–Kier alpha value is -4.25. The van der Waals surface area contributed by atoms with Crippen LogP contribution in [0.25, 0.3) is 11.6 Å². The molecule has 2 amide bonds. The number of furan rings is 1. The first kappa shape index (κ1) is 22.0. The fourth-order valence-electron chi connectivity index (χ4n) is 3.02. The summed E-state index contributed by atoms with van der Waals surface area (Å²) in [6.45, 7) is 0.459. The second-order valence-electron chi connectivity index (χ2n) is 6.83. The maximum absolute atomic E-state index is 12.4. The summed E-state index contributed by atoms with van der Waals surface area (Å²) in [7, 11) is 0. The van der Waals surface area contributed by atoms with Crippen molar-refractivity contribution in [2.24, 2.45) is 0 Å². The lowest BCUT2D eigenvalue weighted by Gasteiger charge is -2.09. The fraction of sp³-hybridized carbons (Fsp3) is 0.0909. The molecule has 0 unspecified atom stereocenters. The van der Waals surface area contributed by atoms with Crippen molar-refractivity contribution in [1.29, 1.82) is 0 Å². The van der Waals surface area contributed by atoms with Gasteiger partial charge in [-0.2, -0.15) is 0 Å². The number of non-ortho nitro benzene ring substituents is 1. The molecule has 0 saturated carbocycles. The monoisotopic (exact) mass is 463 g/mol. The Morgan fingerprint density at radius 1 is 1.06 bits per heavy atom. The predicted molar refractivity (Wildman–Crippen MR) is 120 cm³/mol. The van der Waals surface area contributed by atoms with Crippen LogP contribution in [0.2, 0.25) is 0 Å². The second-order valence-corrected chi connectivity index (χ2v) is 7.77. The number of nitrogens with one attached hydrogen (secondary N) is 1. The van der Waals surface area contributed by atoms with Gasteiger partial charge < -0.3 is 4.42 Å². The first-order valence-electron chi connectivity index (χ1n) is 9.73. The van der Waals surface area contributed by atoms with Crippen molar-refractivity contribution in [3.63, 3.8) is 0 Å². The highest BCUT2D eigenvalue weighted by atomic mass is 32.2. The summed E-state index contributed by atoms with van der Waals surface area (Å²) in [6.07, 6.45) is 1.54. The van der Waals surface area contributed by atoms with Crippen LogP contribution in [0.3, 0.4) is 0 Å². The summed E-state index contributed by atoms with van der Waals surface area (Å²) < 4.78 is 7.29. The van der Waals surface area contributed by atoms with Crippen molar-refractivity contribution in [3.05, 3.63) is 94.2 Å². The van der Waals surface area contributed by atoms with Gasteiger partial charge >= 0.3 is 0 Å². The van der Waals surface area contributed by atoms with E-state index in [-0.39, 0.29) is 17.0 Å². The Morgan fingerprint density at radius 2 is 1.88 bits per heavy atom. The molecule has 166 valence electrons. The molecule has 0 fully saturated rings. The first-order chi connectivity index (χ1) is 16.0. The Balaban J connectivity index is 1.46. The van der Waals surface area contributed by atoms with Crippen molar-refractivity contribution < 1.29 is 18.9 Å². The Labute approximate surface area is 191 Å². The fourth-order valence-corrected chi connectivity index (χ4v) is 3.76. The minimum Gasteiger partial charge on any atom is -0.461 e. The van der Waals surface area contributed by atoms with E-state index in [1.54, 1.807) is 12.1 Å². The van der Waals surface area contributed by atoms with E-state index >= 15 is 0 Å². The lowest BCUT2D eigenvalue weighted by atomic mass is 10.2. The van der Waals surface area contributed by atoms with Crippen molar-refractivity contribution >= 4 is 29.3 Å². The molecule has 0 atom stereocenters. The molecule has 0 spiro atoms. The number of nitro benzene ring substituents is 1. The minimum absolute atomic E-state index is 0.0231. The zero-order chi connectivity index (χ0) is 23.2. The number of carbonyl (C=O) groups excluding carboxylic acids is 2. The van der Waals surface area contributed by atoms with Crippen LogP contribution < -0.4 is 5.32 Å². The quantitative estimate of drug-likeness (QED) is 0.238. The van der Waals surface area contributed by atoms with Crippen LogP contribution in [-0.2, 0) is 11.3 Å². The number of aromatic nitrogens is 3. The molecule has 11 heteroatoms. The molecule has 0 aliphatic carbocycles. The lowest BCUT2D eigenvalue weighted by molar-refractivity contribution is -0.384. The third kappa shape index (κ3) is 5.33. The Bertz CT molecular complexity index is 1290. The summed E-state index contributed by atoms with van der Waals surface area (Å²) in [4.78, 5) is 34.9. The molecule has 2 heterocycles. The van der Waals surface area contributed by atoms with Gasteiger partial charge in [0, 0.05) is 17.7 Å². The van der Waals surface area contributed by atoms with Crippen LogP contribution in [0.15, 0.2) is 82.6 Å². The number of imide groups is 1. The molecule has 0 aliphatic heterocycles. The number of amides is 2. The first-order valence-corrected chi connectivity index (χ1v) is 10.7. The highest BCUT2D eigenvalue weighted by Crippen LogP contribution is 2.25. The zero-order valence-electron chi connectivity index (χ0n) is 17.1. The van der Waals surface area contributed by atoms with Gasteiger partial charge in [-0.05, 0) is 23.8 Å². The van der Waals surface area contributed by atoms with Crippen molar-refractivity contribution in [2.75, 3.05) is 5.75 Å². The largest absolute Gasteiger partial charge is 0.461 e. The van der Waals surface area contributed by atoms with Crippen LogP contribution >= 0.6 is 11.8 Å². The van der Waals surface area contributed by atoms with Gasteiger partial charge in [-0.1, -0.05) is 48.2 Å².